The van der Waals surface area contributed by atoms with Gasteiger partial charge in [0, 0.05) is 38.8 Å². The van der Waals surface area contributed by atoms with E-state index in [0.29, 0.717) is 38.2 Å². The van der Waals surface area contributed by atoms with Crippen LogP contribution in [0.4, 0.5) is 8.78 Å². The molecule has 5 nitrogen and oxygen atoms in total. The summed E-state index contributed by atoms with van der Waals surface area (Å²) in [4.78, 5) is 15.2. The van der Waals surface area contributed by atoms with Gasteiger partial charge in [-0.3, -0.25) is 9.69 Å². The molecular formula is C15H20F2N2O3. The molecule has 0 aliphatic carbocycles. The molecule has 1 aromatic carbocycles. The summed E-state index contributed by atoms with van der Waals surface area (Å²) < 4.78 is 26.2. The number of halogens is 2. The predicted molar refractivity (Wildman–Crippen MR) is 75.9 cm³/mol. The lowest BCUT2D eigenvalue weighted by Crippen LogP contribution is -2.55. The van der Waals surface area contributed by atoms with E-state index < -0.39 is 18.2 Å². The van der Waals surface area contributed by atoms with Gasteiger partial charge in [-0.25, -0.2) is 8.78 Å². The molecule has 1 aliphatic rings. The third-order valence-corrected chi connectivity index (χ3v) is 3.92. The van der Waals surface area contributed by atoms with Gasteiger partial charge in [-0.2, -0.15) is 0 Å². The Morgan fingerprint density at radius 1 is 1.23 bits per heavy atom. The molecule has 0 spiro atoms. The molecule has 2 N–H and O–H groups in total. The molecular weight excluding hydrogens is 294 g/mol. The second-order valence-electron chi connectivity index (χ2n) is 5.38. The average Bonchev–Trinajstić information content (AvgIpc) is 2.52. The summed E-state index contributed by atoms with van der Waals surface area (Å²) in [5.41, 5.74) is 0.642. The first kappa shape index (κ1) is 16.8. The van der Waals surface area contributed by atoms with Crippen molar-refractivity contribution in [3.63, 3.8) is 0 Å². The lowest BCUT2D eigenvalue weighted by Gasteiger charge is -2.41. The minimum absolute atomic E-state index is 0.0277. The fourth-order valence-electron chi connectivity index (χ4n) is 2.72. The van der Waals surface area contributed by atoms with E-state index in [-0.39, 0.29) is 18.6 Å². The Morgan fingerprint density at radius 2 is 2.00 bits per heavy atom. The van der Waals surface area contributed by atoms with E-state index in [1.54, 1.807) is 4.90 Å². The maximum absolute atomic E-state index is 13.3. The minimum Gasteiger partial charge on any atom is -0.396 e. The summed E-state index contributed by atoms with van der Waals surface area (Å²) in [6.45, 7) is 1.28. The number of rotatable bonds is 5. The zero-order valence-corrected chi connectivity index (χ0v) is 12.2. The normalized spacial score (nSPS) is 19.5. The number of carbonyl (C=O) groups is 1. The van der Waals surface area contributed by atoms with E-state index in [1.807, 2.05) is 4.90 Å². The maximum Gasteiger partial charge on any atom is 0.248 e. The summed E-state index contributed by atoms with van der Waals surface area (Å²) in [7, 11) is 0. The van der Waals surface area contributed by atoms with Crippen LogP contribution in [-0.2, 0) is 11.3 Å². The summed E-state index contributed by atoms with van der Waals surface area (Å²) >= 11 is 0. The highest BCUT2D eigenvalue weighted by Crippen LogP contribution is 2.18. The zero-order valence-electron chi connectivity index (χ0n) is 12.2. The number of aliphatic hydroxyl groups excluding tert-OH is 2. The summed E-state index contributed by atoms with van der Waals surface area (Å²) in [6.07, 6.45) is 0.471. The Bertz CT molecular complexity index is 528. The molecule has 0 saturated carbocycles. The molecule has 1 amide bonds. The smallest absolute Gasteiger partial charge is 0.248 e. The third kappa shape index (κ3) is 4.00. The highest BCUT2D eigenvalue weighted by atomic mass is 19.2. The van der Waals surface area contributed by atoms with Gasteiger partial charge in [0.2, 0.25) is 5.91 Å². The molecule has 1 heterocycles. The largest absolute Gasteiger partial charge is 0.396 e. The Morgan fingerprint density at radius 3 is 2.64 bits per heavy atom. The first-order valence-electron chi connectivity index (χ1n) is 7.22. The van der Waals surface area contributed by atoms with Gasteiger partial charge in [0.05, 0.1) is 0 Å². The Labute approximate surface area is 127 Å². The molecule has 1 fully saturated rings. The van der Waals surface area contributed by atoms with Gasteiger partial charge in [-0.05, 0) is 24.1 Å². The molecule has 2 rings (SSSR count). The van der Waals surface area contributed by atoms with Crippen LogP contribution in [0.3, 0.4) is 0 Å². The minimum atomic E-state index is -0.884. The van der Waals surface area contributed by atoms with Gasteiger partial charge < -0.3 is 15.1 Å². The van der Waals surface area contributed by atoms with Crippen molar-refractivity contribution in [1.29, 1.82) is 0 Å². The van der Waals surface area contributed by atoms with Crippen molar-refractivity contribution < 1.29 is 23.8 Å². The van der Waals surface area contributed by atoms with Crippen LogP contribution in [0.1, 0.15) is 12.0 Å². The van der Waals surface area contributed by atoms with Crippen molar-refractivity contribution in [2.75, 3.05) is 32.8 Å². The van der Waals surface area contributed by atoms with Crippen molar-refractivity contribution in [2.24, 2.45) is 0 Å². The SMILES string of the molecule is O=C(CO)N1CCN(Cc2ccc(F)c(F)c2)C(CCO)C1. The molecule has 22 heavy (non-hydrogen) atoms. The molecule has 122 valence electrons. The van der Waals surface area contributed by atoms with Crippen LogP contribution in [0.25, 0.3) is 0 Å². The van der Waals surface area contributed by atoms with E-state index in [1.165, 1.54) is 6.07 Å². The van der Waals surface area contributed by atoms with Crippen LogP contribution >= 0.6 is 0 Å². The molecule has 1 aromatic rings. The molecule has 0 aromatic heterocycles. The van der Waals surface area contributed by atoms with Crippen LogP contribution in [0.5, 0.6) is 0 Å². The van der Waals surface area contributed by atoms with Crippen LogP contribution in [0.2, 0.25) is 0 Å². The molecule has 1 saturated heterocycles. The van der Waals surface area contributed by atoms with Gasteiger partial charge in [0.1, 0.15) is 6.61 Å². The number of carbonyl (C=O) groups excluding carboxylic acids is 1. The number of nitrogens with zero attached hydrogens (tertiary/aromatic N) is 2. The van der Waals surface area contributed by atoms with E-state index in [2.05, 4.69) is 0 Å². The van der Waals surface area contributed by atoms with E-state index in [0.717, 1.165) is 12.1 Å². The number of piperazine rings is 1. The molecule has 1 atom stereocenters. The summed E-state index contributed by atoms with van der Waals surface area (Å²) in [5.74, 6) is -2.10. The Kier molecular flexibility index (Phi) is 5.82. The number of amides is 1. The molecule has 7 heteroatoms. The zero-order chi connectivity index (χ0) is 16.1. The van der Waals surface area contributed by atoms with Gasteiger partial charge in [0.25, 0.3) is 0 Å². The van der Waals surface area contributed by atoms with Crippen LogP contribution < -0.4 is 0 Å². The maximum atomic E-state index is 13.3. The lowest BCUT2D eigenvalue weighted by molar-refractivity contribution is -0.137. The number of hydrogen-bond donors (Lipinski definition) is 2. The van der Waals surface area contributed by atoms with Crippen molar-refractivity contribution in [1.82, 2.24) is 9.80 Å². The Balaban J connectivity index is 2.05. The lowest BCUT2D eigenvalue weighted by atomic mass is 10.1. The first-order chi connectivity index (χ1) is 10.5. The van der Waals surface area contributed by atoms with Crippen LogP contribution in [0, 0.1) is 11.6 Å². The standard InChI is InChI=1S/C15H20F2N2O3/c16-13-2-1-11(7-14(13)17)8-18-4-5-19(15(22)10-21)9-12(18)3-6-20/h1-2,7,12,20-21H,3-6,8-10H2. The third-order valence-electron chi connectivity index (χ3n) is 3.92. The quantitative estimate of drug-likeness (QED) is 0.823. The van der Waals surface area contributed by atoms with Crippen molar-refractivity contribution in [3.05, 3.63) is 35.4 Å². The molecule has 1 unspecified atom stereocenters. The summed E-state index contributed by atoms with van der Waals surface area (Å²) in [6, 6.07) is 3.70. The highest BCUT2D eigenvalue weighted by molar-refractivity contribution is 5.77. The first-order valence-corrected chi connectivity index (χ1v) is 7.22. The second kappa shape index (κ2) is 7.62. The predicted octanol–water partition coefficient (Wildman–Crippen LogP) is 0.352. The van der Waals surface area contributed by atoms with Crippen molar-refractivity contribution in [2.45, 2.75) is 19.0 Å². The van der Waals surface area contributed by atoms with Gasteiger partial charge in [-0.15, -0.1) is 0 Å². The van der Waals surface area contributed by atoms with Crippen molar-refractivity contribution in [3.8, 4) is 0 Å². The van der Waals surface area contributed by atoms with Crippen LogP contribution in [0.15, 0.2) is 18.2 Å². The van der Waals surface area contributed by atoms with Gasteiger partial charge >= 0.3 is 0 Å². The average molecular weight is 314 g/mol. The van der Waals surface area contributed by atoms with E-state index in [4.69, 9.17) is 5.11 Å². The Hall–Kier alpha value is -1.57. The second-order valence-corrected chi connectivity index (χ2v) is 5.38. The number of benzene rings is 1. The van der Waals surface area contributed by atoms with Crippen molar-refractivity contribution >= 4 is 5.91 Å². The molecule has 1 aliphatic heterocycles. The number of hydrogen-bond acceptors (Lipinski definition) is 4. The molecule has 0 bridgehead atoms. The fourth-order valence-corrected chi connectivity index (χ4v) is 2.72. The summed E-state index contributed by atoms with van der Waals surface area (Å²) in [5, 5.41) is 18.1. The monoisotopic (exact) mass is 314 g/mol. The van der Waals surface area contributed by atoms with E-state index >= 15 is 0 Å². The molecule has 0 radical (unpaired) electrons. The van der Waals surface area contributed by atoms with Gasteiger partial charge in [0.15, 0.2) is 11.6 Å². The fraction of sp³-hybridized carbons (Fsp3) is 0.533. The number of aliphatic hydroxyl groups is 2. The topological polar surface area (TPSA) is 64.0 Å². The van der Waals surface area contributed by atoms with Gasteiger partial charge in [-0.1, -0.05) is 6.07 Å². The highest BCUT2D eigenvalue weighted by Gasteiger charge is 2.28. The van der Waals surface area contributed by atoms with Crippen LogP contribution in [-0.4, -0.2) is 64.8 Å². The van der Waals surface area contributed by atoms with E-state index in [9.17, 15) is 18.7 Å².